The first-order chi connectivity index (χ1) is 14.8. The summed E-state index contributed by atoms with van der Waals surface area (Å²) in [6.45, 7) is 2.85. The molecule has 0 fully saturated rings. The maximum Gasteiger partial charge on any atom is 0.245 e. The van der Waals surface area contributed by atoms with Gasteiger partial charge in [-0.2, -0.15) is 5.10 Å². The highest BCUT2D eigenvalue weighted by Crippen LogP contribution is 2.35. The Bertz CT molecular complexity index is 1120. The summed E-state index contributed by atoms with van der Waals surface area (Å²) in [6, 6.07) is 22.9. The standard InChI is InChI=1S/C24H20BrCl2N3O/c1-24(17-4-10-20(27)11-5-17)15-30(29-23(24)16-2-8-19(26)9-3-16)14-22(31)28-21-12-6-18(25)7-13-21/h2-13H,14-15H2,1H3,(H,28,31). The van der Waals surface area contributed by atoms with Crippen molar-refractivity contribution in [2.45, 2.75) is 12.3 Å². The van der Waals surface area contributed by atoms with Crippen LogP contribution in [0.25, 0.3) is 0 Å². The summed E-state index contributed by atoms with van der Waals surface area (Å²) in [4.78, 5) is 12.7. The normalized spacial score (nSPS) is 18.1. The second-order valence-electron chi connectivity index (χ2n) is 7.67. The van der Waals surface area contributed by atoms with E-state index < -0.39 is 5.41 Å². The molecule has 158 valence electrons. The molecular weight excluding hydrogens is 497 g/mol. The zero-order valence-corrected chi connectivity index (χ0v) is 19.9. The van der Waals surface area contributed by atoms with Crippen LogP contribution in [0, 0.1) is 0 Å². The molecule has 0 saturated carbocycles. The van der Waals surface area contributed by atoms with Crippen LogP contribution < -0.4 is 5.32 Å². The molecule has 3 aromatic rings. The molecule has 0 aromatic heterocycles. The largest absolute Gasteiger partial charge is 0.324 e. The molecule has 1 atom stereocenters. The van der Waals surface area contributed by atoms with Crippen LogP contribution in [0.4, 0.5) is 5.69 Å². The van der Waals surface area contributed by atoms with Crippen molar-refractivity contribution in [1.29, 1.82) is 0 Å². The lowest BCUT2D eigenvalue weighted by molar-refractivity contribution is -0.117. The predicted molar refractivity (Wildman–Crippen MR) is 131 cm³/mol. The minimum atomic E-state index is -0.406. The average Bonchev–Trinajstić information content (AvgIpc) is 3.07. The number of halogens is 3. The second-order valence-corrected chi connectivity index (χ2v) is 9.46. The van der Waals surface area contributed by atoms with E-state index in [-0.39, 0.29) is 12.5 Å². The Labute approximate surface area is 200 Å². The molecule has 0 aliphatic carbocycles. The van der Waals surface area contributed by atoms with Crippen LogP contribution in [-0.2, 0) is 10.2 Å². The van der Waals surface area contributed by atoms with Crippen molar-refractivity contribution < 1.29 is 4.79 Å². The summed E-state index contributed by atoms with van der Waals surface area (Å²) < 4.78 is 0.959. The van der Waals surface area contributed by atoms with Crippen molar-refractivity contribution in [3.8, 4) is 0 Å². The number of nitrogens with one attached hydrogen (secondary N) is 1. The number of nitrogens with zero attached hydrogens (tertiary/aromatic N) is 2. The van der Waals surface area contributed by atoms with Gasteiger partial charge in [-0.05, 0) is 66.6 Å². The molecule has 1 N–H and O–H groups in total. The van der Waals surface area contributed by atoms with E-state index in [4.69, 9.17) is 28.3 Å². The Morgan fingerprint density at radius 1 is 1.00 bits per heavy atom. The Hall–Kier alpha value is -2.34. The third kappa shape index (κ3) is 4.95. The number of rotatable bonds is 5. The van der Waals surface area contributed by atoms with E-state index in [1.165, 1.54) is 0 Å². The number of carbonyl (C=O) groups is 1. The summed E-state index contributed by atoms with van der Waals surface area (Å²) in [5.74, 6) is -0.123. The minimum Gasteiger partial charge on any atom is -0.324 e. The van der Waals surface area contributed by atoms with Crippen molar-refractivity contribution >= 4 is 56.4 Å². The SMILES string of the molecule is CC1(c2ccc(Cl)cc2)CN(CC(=O)Nc2ccc(Br)cc2)N=C1c1ccc(Cl)cc1. The van der Waals surface area contributed by atoms with Gasteiger partial charge in [0.05, 0.1) is 17.7 Å². The molecule has 0 saturated heterocycles. The lowest BCUT2D eigenvalue weighted by Gasteiger charge is -2.27. The van der Waals surface area contributed by atoms with Crippen LogP contribution in [0.2, 0.25) is 10.0 Å². The van der Waals surface area contributed by atoms with Crippen molar-refractivity contribution in [3.05, 3.63) is 98.4 Å². The van der Waals surface area contributed by atoms with Gasteiger partial charge in [0.25, 0.3) is 0 Å². The lowest BCUT2D eigenvalue weighted by atomic mass is 9.76. The fraction of sp³-hybridized carbons (Fsp3) is 0.167. The molecule has 4 nitrogen and oxygen atoms in total. The molecule has 4 rings (SSSR count). The highest BCUT2D eigenvalue weighted by molar-refractivity contribution is 9.10. The van der Waals surface area contributed by atoms with Crippen molar-refractivity contribution in [2.24, 2.45) is 5.10 Å². The number of amides is 1. The predicted octanol–water partition coefficient (Wildman–Crippen LogP) is 6.37. The van der Waals surface area contributed by atoms with Crippen molar-refractivity contribution in [3.63, 3.8) is 0 Å². The highest BCUT2D eigenvalue weighted by atomic mass is 79.9. The quantitative estimate of drug-likeness (QED) is 0.428. The Morgan fingerprint density at radius 3 is 2.19 bits per heavy atom. The fourth-order valence-corrected chi connectivity index (χ4v) is 4.26. The number of hydrazone groups is 1. The average molecular weight is 517 g/mol. The van der Waals surface area contributed by atoms with Gasteiger partial charge < -0.3 is 5.32 Å². The first-order valence-corrected chi connectivity index (χ1v) is 11.3. The topological polar surface area (TPSA) is 44.7 Å². The smallest absolute Gasteiger partial charge is 0.245 e. The molecule has 1 amide bonds. The molecule has 1 heterocycles. The van der Waals surface area contributed by atoms with Crippen LogP contribution >= 0.6 is 39.1 Å². The van der Waals surface area contributed by atoms with Crippen molar-refractivity contribution in [2.75, 3.05) is 18.4 Å². The molecule has 31 heavy (non-hydrogen) atoms. The molecule has 1 aliphatic rings. The van der Waals surface area contributed by atoms with Crippen LogP contribution in [-0.4, -0.2) is 29.7 Å². The summed E-state index contributed by atoms with van der Waals surface area (Å²) in [5, 5.41) is 10.9. The number of hydrogen-bond donors (Lipinski definition) is 1. The second kappa shape index (κ2) is 9.03. The summed E-state index contributed by atoms with van der Waals surface area (Å²) in [5.41, 5.74) is 3.29. The number of anilines is 1. The van der Waals surface area contributed by atoms with Crippen LogP contribution in [0.15, 0.2) is 82.4 Å². The van der Waals surface area contributed by atoms with Crippen molar-refractivity contribution in [1.82, 2.24) is 5.01 Å². The summed E-state index contributed by atoms with van der Waals surface area (Å²) >= 11 is 15.6. The van der Waals surface area contributed by atoms with Crippen LogP contribution in [0.3, 0.4) is 0 Å². The molecule has 3 aromatic carbocycles. The van der Waals surface area contributed by atoms with E-state index in [0.29, 0.717) is 16.6 Å². The van der Waals surface area contributed by atoms with Gasteiger partial charge in [0.2, 0.25) is 5.91 Å². The number of benzene rings is 3. The first kappa shape index (κ1) is 21.9. The molecule has 1 unspecified atom stereocenters. The maximum absolute atomic E-state index is 12.7. The van der Waals surface area contributed by atoms with E-state index >= 15 is 0 Å². The number of hydrogen-bond acceptors (Lipinski definition) is 3. The van der Waals surface area contributed by atoms with Gasteiger partial charge in [-0.3, -0.25) is 9.80 Å². The van der Waals surface area contributed by atoms with Gasteiger partial charge in [0, 0.05) is 20.2 Å². The van der Waals surface area contributed by atoms with Crippen LogP contribution in [0.1, 0.15) is 18.1 Å². The molecule has 7 heteroatoms. The number of carbonyl (C=O) groups excluding carboxylic acids is 1. The molecular formula is C24H20BrCl2N3O. The Balaban J connectivity index is 1.60. The Morgan fingerprint density at radius 2 is 1.58 bits per heavy atom. The van der Waals surface area contributed by atoms with Gasteiger partial charge in [0.1, 0.15) is 6.54 Å². The molecule has 0 spiro atoms. The van der Waals surface area contributed by atoms with E-state index in [9.17, 15) is 4.79 Å². The van der Waals surface area contributed by atoms with Gasteiger partial charge in [0.15, 0.2) is 0 Å². The maximum atomic E-state index is 12.7. The first-order valence-electron chi connectivity index (χ1n) is 9.75. The van der Waals surface area contributed by atoms with Crippen LogP contribution in [0.5, 0.6) is 0 Å². The van der Waals surface area contributed by atoms with E-state index in [2.05, 4.69) is 28.2 Å². The third-order valence-corrected chi connectivity index (χ3v) is 6.35. The summed E-state index contributed by atoms with van der Waals surface area (Å²) in [7, 11) is 0. The molecule has 0 radical (unpaired) electrons. The third-order valence-electron chi connectivity index (χ3n) is 5.32. The molecule has 1 aliphatic heterocycles. The summed E-state index contributed by atoms with van der Waals surface area (Å²) in [6.07, 6.45) is 0. The Kier molecular flexibility index (Phi) is 6.37. The lowest BCUT2D eigenvalue weighted by Crippen LogP contribution is -2.38. The van der Waals surface area contributed by atoms with Gasteiger partial charge in [-0.25, -0.2) is 0 Å². The van der Waals surface area contributed by atoms with Gasteiger partial charge >= 0.3 is 0 Å². The monoisotopic (exact) mass is 515 g/mol. The van der Waals surface area contributed by atoms with Gasteiger partial charge in [-0.1, -0.05) is 63.4 Å². The minimum absolute atomic E-state index is 0.123. The molecule has 0 bridgehead atoms. The zero-order valence-electron chi connectivity index (χ0n) is 16.8. The fourth-order valence-electron chi connectivity index (χ4n) is 3.75. The van der Waals surface area contributed by atoms with E-state index in [1.807, 2.05) is 77.8 Å². The van der Waals surface area contributed by atoms with Gasteiger partial charge in [-0.15, -0.1) is 0 Å². The van der Waals surface area contributed by atoms with E-state index in [0.717, 1.165) is 27.0 Å². The zero-order chi connectivity index (χ0) is 22.0. The highest BCUT2D eigenvalue weighted by Gasteiger charge is 2.41. The van der Waals surface area contributed by atoms with E-state index in [1.54, 1.807) is 0 Å².